The quantitative estimate of drug-likeness (QED) is 0.106. The molecule has 5 N–H and O–H groups in total. The number of carbonyl (C=O) groups excluding carboxylic acids is 2. The molecule has 13 heteroatoms. The Morgan fingerprint density at radius 2 is 1.79 bits per heavy atom. The van der Waals surface area contributed by atoms with Crippen LogP contribution in [0.2, 0.25) is 0 Å². The number of nitrogens with zero attached hydrogens (tertiary/aromatic N) is 6. The van der Waals surface area contributed by atoms with Gasteiger partial charge in [-0.15, -0.1) is 0 Å². The van der Waals surface area contributed by atoms with E-state index in [9.17, 15) is 9.59 Å². The minimum Gasteiger partial charge on any atom is -0.397 e. The number of carbonyl (C=O) groups is 2. The molecule has 1 atom stereocenters. The molecule has 0 spiro atoms. The van der Waals surface area contributed by atoms with E-state index in [4.69, 9.17) is 16.6 Å². The highest BCUT2D eigenvalue weighted by Gasteiger charge is 2.34. The highest BCUT2D eigenvalue weighted by molar-refractivity contribution is 14.1. The Hall–Kier alpha value is -4.24. The average Bonchev–Trinajstić information content (AvgIpc) is 3.56. The molecule has 0 unspecified atom stereocenters. The molecule has 246 valence electrons. The van der Waals surface area contributed by atoms with Crippen LogP contribution in [0.5, 0.6) is 0 Å². The second-order valence-corrected chi connectivity index (χ2v) is 12.9. The molecule has 2 aliphatic heterocycles. The van der Waals surface area contributed by atoms with Crippen LogP contribution < -0.4 is 16.0 Å². The first-order chi connectivity index (χ1) is 22.7. The number of nitrogens with two attached hydrogens (primary N) is 1. The van der Waals surface area contributed by atoms with Gasteiger partial charge in [-0.3, -0.25) is 30.2 Å². The number of hydrogen-bond donors (Lipinski definition) is 4. The third-order valence-corrected chi connectivity index (χ3v) is 9.47. The Balaban J connectivity index is 1.14. The molecule has 0 aliphatic carbocycles. The Morgan fingerprint density at radius 3 is 2.45 bits per heavy atom. The summed E-state index contributed by atoms with van der Waals surface area (Å²) >= 11 is 2.11. The van der Waals surface area contributed by atoms with Gasteiger partial charge in [0.15, 0.2) is 5.84 Å². The summed E-state index contributed by atoms with van der Waals surface area (Å²) in [6.45, 7) is 5.23. The summed E-state index contributed by atoms with van der Waals surface area (Å²) in [4.78, 5) is 45.6. The van der Waals surface area contributed by atoms with E-state index < -0.39 is 0 Å². The summed E-state index contributed by atoms with van der Waals surface area (Å²) in [7, 11) is 1.75. The molecule has 2 aliphatic rings. The van der Waals surface area contributed by atoms with Crippen LogP contribution in [0, 0.1) is 20.4 Å². The molecule has 0 bridgehead atoms. The molecule has 2 fully saturated rings. The number of hydrogen-bond acceptors (Lipinski definition) is 8. The van der Waals surface area contributed by atoms with Crippen molar-refractivity contribution in [2.45, 2.75) is 32.1 Å². The Bertz CT molecular complexity index is 1640. The van der Waals surface area contributed by atoms with Gasteiger partial charge in [0.05, 0.1) is 30.2 Å². The van der Waals surface area contributed by atoms with E-state index in [1.807, 2.05) is 30.0 Å². The molecule has 0 saturated carbocycles. The molecule has 12 nitrogen and oxygen atoms in total. The average molecular weight is 749 g/mol. The smallest absolute Gasteiger partial charge is 0.236 e. The van der Waals surface area contributed by atoms with E-state index in [0.29, 0.717) is 74.4 Å². The molecule has 47 heavy (non-hydrogen) atoms. The van der Waals surface area contributed by atoms with E-state index in [1.165, 1.54) is 11.9 Å². The lowest BCUT2D eigenvalue weighted by Crippen LogP contribution is -2.44. The Morgan fingerprint density at radius 1 is 1.06 bits per heavy atom. The lowest BCUT2D eigenvalue weighted by Gasteiger charge is -2.33. The molecule has 4 heterocycles. The van der Waals surface area contributed by atoms with Crippen LogP contribution in [-0.2, 0) is 9.59 Å². The molecule has 2 aromatic heterocycles. The number of anilines is 2. The van der Waals surface area contributed by atoms with Gasteiger partial charge in [-0.2, -0.15) is 0 Å². The van der Waals surface area contributed by atoms with Crippen LogP contribution in [0.25, 0.3) is 0 Å². The normalized spacial score (nSPS) is 17.2. The molecule has 0 radical (unpaired) electrons. The maximum Gasteiger partial charge on any atom is 0.236 e. The Kier molecular flexibility index (Phi) is 11.3. The highest BCUT2D eigenvalue weighted by Crippen LogP contribution is 2.29. The van der Waals surface area contributed by atoms with Gasteiger partial charge in [-0.1, -0.05) is 24.3 Å². The van der Waals surface area contributed by atoms with Crippen molar-refractivity contribution in [2.75, 3.05) is 56.9 Å². The summed E-state index contributed by atoms with van der Waals surface area (Å²) in [5.74, 6) is 0.856. The van der Waals surface area contributed by atoms with E-state index in [2.05, 4.69) is 59.9 Å². The fourth-order valence-corrected chi connectivity index (χ4v) is 6.49. The van der Waals surface area contributed by atoms with Gasteiger partial charge in [-0.05, 0) is 91.1 Å². The minimum atomic E-state index is -0.246. The summed E-state index contributed by atoms with van der Waals surface area (Å²) < 4.78 is 0.821. The van der Waals surface area contributed by atoms with Crippen LogP contribution in [0.3, 0.4) is 0 Å². The van der Waals surface area contributed by atoms with Gasteiger partial charge >= 0.3 is 0 Å². The van der Waals surface area contributed by atoms with Crippen molar-refractivity contribution in [1.82, 2.24) is 25.1 Å². The number of pyridine rings is 2. The SMILES string of the molecule is CCN(C(=O)[C@@H]1CCN(CC(=O)N2CCC(c3ccc(C(=N)/N=C\NC)cc3)CC2)C1)c1ccc(N)c(C(=N)c2ccc(I)nc2)n1. The van der Waals surface area contributed by atoms with Crippen LogP contribution in [0.4, 0.5) is 11.5 Å². The number of aromatic nitrogens is 2. The van der Waals surface area contributed by atoms with Crippen molar-refractivity contribution < 1.29 is 9.59 Å². The number of amidine groups is 1. The molecular formula is C34H41IN10O2. The van der Waals surface area contributed by atoms with Crippen molar-refractivity contribution in [1.29, 1.82) is 10.8 Å². The van der Waals surface area contributed by atoms with Crippen molar-refractivity contribution in [2.24, 2.45) is 10.9 Å². The molecule has 2 amide bonds. The second-order valence-electron chi connectivity index (χ2n) is 11.8. The second kappa shape index (κ2) is 15.6. The molecule has 3 aromatic rings. The lowest BCUT2D eigenvalue weighted by molar-refractivity contribution is -0.133. The largest absolute Gasteiger partial charge is 0.397 e. The van der Waals surface area contributed by atoms with Crippen molar-refractivity contribution in [3.63, 3.8) is 0 Å². The summed E-state index contributed by atoms with van der Waals surface area (Å²) in [6.07, 6.45) is 5.57. The number of halogens is 1. The minimum absolute atomic E-state index is 0.0380. The van der Waals surface area contributed by atoms with E-state index in [-0.39, 0.29) is 29.3 Å². The topological polar surface area (TPSA) is 168 Å². The lowest BCUT2D eigenvalue weighted by atomic mass is 9.89. The third-order valence-electron chi connectivity index (χ3n) is 8.83. The zero-order valence-electron chi connectivity index (χ0n) is 26.7. The maximum atomic E-state index is 13.7. The number of aliphatic imine (C=N–C) groups is 1. The number of benzene rings is 1. The number of piperidine rings is 1. The van der Waals surface area contributed by atoms with E-state index >= 15 is 0 Å². The first-order valence-electron chi connectivity index (χ1n) is 15.9. The number of nitrogen functional groups attached to an aromatic ring is 1. The van der Waals surface area contributed by atoms with Gasteiger partial charge in [-0.25, -0.2) is 15.0 Å². The molecular weight excluding hydrogens is 707 g/mol. The van der Waals surface area contributed by atoms with Crippen LogP contribution >= 0.6 is 22.6 Å². The summed E-state index contributed by atoms with van der Waals surface area (Å²) in [5.41, 5.74) is 9.61. The standard InChI is InChI=1S/C34H41IN10O2/c1-3-45(29-11-9-27(36)32(42-29)31(37)25-8-10-28(35)40-18-25)34(47)26-12-15-43(19-26)20-30(46)44-16-13-23(14-17-44)22-4-6-24(7-5-22)33(38)41-21-39-2/h4-11,18,21,23,26,37H,3,12-17,19-20,36H2,1-2H3,(H2,38,39,41)/t26-/m1/s1. The van der Waals surface area contributed by atoms with Crippen molar-refractivity contribution >= 4 is 63.8 Å². The Labute approximate surface area is 289 Å². The molecule has 2 saturated heterocycles. The predicted octanol–water partition coefficient (Wildman–Crippen LogP) is 3.73. The van der Waals surface area contributed by atoms with Crippen molar-refractivity contribution in [3.05, 3.63) is 80.8 Å². The molecule has 5 rings (SSSR count). The fraction of sp³-hybridized carbons (Fsp3) is 0.382. The number of amides is 2. The third kappa shape index (κ3) is 8.19. The zero-order valence-corrected chi connectivity index (χ0v) is 28.9. The zero-order chi connectivity index (χ0) is 33.5. The van der Waals surface area contributed by atoms with E-state index in [1.54, 1.807) is 36.3 Å². The van der Waals surface area contributed by atoms with Gasteiger partial charge in [0.1, 0.15) is 15.2 Å². The van der Waals surface area contributed by atoms with Gasteiger partial charge in [0, 0.05) is 50.6 Å². The summed E-state index contributed by atoms with van der Waals surface area (Å²) in [5, 5.41) is 19.5. The van der Waals surface area contributed by atoms with Gasteiger partial charge in [0.2, 0.25) is 11.8 Å². The van der Waals surface area contributed by atoms with Crippen LogP contribution in [-0.4, -0.2) is 95.8 Å². The number of nitrogens with one attached hydrogen (secondary N) is 3. The van der Waals surface area contributed by atoms with E-state index in [0.717, 1.165) is 22.1 Å². The predicted molar refractivity (Wildman–Crippen MR) is 193 cm³/mol. The highest BCUT2D eigenvalue weighted by atomic mass is 127. The number of rotatable bonds is 10. The van der Waals surface area contributed by atoms with Gasteiger partial charge < -0.3 is 16.0 Å². The van der Waals surface area contributed by atoms with Gasteiger partial charge in [0.25, 0.3) is 0 Å². The number of likely N-dealkylation sites (tertiary alicyclic amines) is 2. The monoisotopic (exact) mass is 748 g/mol. The van der Waals surface area contributed by atoms with Crippen LogP contribution in [0.15, 0.2) is 59.7 Å². The first kappa shape index (κ1) is 34.1. The fourth-order valence-electron chi connectivity index (χ4n) is 6.17. The van der Waals surface area contributed by atoms with Crippen molar-refractivity contribution in [3.8, 4) is 0 Å². The first-order valence-corrected chi connectivity index (χ1v) is 16.9. The molecule has 1 aromatic carbocycles. The van der Waals surface area contributed by atoms with Crippen LogP contribution in [0.1, 0.15) is 54.5 Å². The summed E-state index contributed by atoms with van der Waals surface area (Å²) in [6, 6.07) is 15.0. The maximum absolute atomic E-state index is 13.7.